The topological polar surface area (TPSA) is 87.2 Å². The fraction of sp³-hybridized carbons (Fsp3) is 0.619. The first-order valence-electron chi connectivity index (χ1n) is 10.6. The number of nitrogens with zero attached hydrogens (tertiary/aromatic N) is 3. The third-order valence-corrected chi connectivity index (χ3v) is 7.89. The van der Waals surface area contributed by atoms with Crippen molar-refractivity contribution in [1.29, 1.82) is 0 Å². The molecule has 1 unspecified atom stereocenters. The third kappa shape index (κ3) is 4.62. The van der Waals surface area contributed by atoms with E-state index in [0.29, 0.717) is 44.9 Å². The lowest BCUT2D eigenvalue weighted by Crippen LogP contribution is -2.50. The van der Waals surface area contributed by atoms with E-state index in [1.165, 1.54) is 6.07 Å². The first-order valence-corrected chi connectivity index (χ1v) is 12.0. The van der Waals surface area contributed by atoms with E-state index >= 15 is 0 Å². The van der Waals surface area contributed by atoms with E-state index in [1.54, 1.807) is 33.2 Å². The van der Waals surface area contributed by atoms with Crippen molar-refractivity contribution in [2.24, 2.45) is 0 Å². The van der Waals surface area contributed by atoms with E-state index in [0.717, 1.165) is 24.8 Å². The number of carbonyl (C=O) groups excluding carboxylic acids is 2. The van der Waals surface area contributed by atoms with Crippen molar-refractivity contribution < 1.29 is 22.7 Å². The first kappa shape index (κ1) is 22.6. The van der Waals surface area contributed by atoms with E-state index in [2.05, 4.69) is 0 Å². The number of sulfonamides is 1. The number of piperazine rings is 1. The maximum Gasteiger partial charge on any atom is 0.409 e. The molecule has 166 valence electrons. The van der Waals surface area contributed by atoms with E-state index in [4.69, 9.17) is 4.74 Å². The Hall–Kier alpha value is -2.13. The van der Waals surface area contributed by atoms with E-state index in [9.17, 15) is 18.0 Å². The van der Waals surface area contributed by atoms with Gasteiger partial charge in [0.15, 0.2) is 0 Å². The minimum absolute atomic E-state index is 0.0415. The van der Waals surface area contributed by atoms with Gasteiger partial charge in [-0.05, 0) is 51.3 Å². The maximum atomic E-state index is 13.2. The van der Waals surface area contributed by atoms with Crippen molar-refractivity contribution in [3.63, 3.8) is 0 Å². The summed E-state index contributed by atoms with van der Waals surface area (Å²) >= 11 is 0. The molecule has 0 N–H and O–H groups in total. The molecular weight excluding hydrogens is 406 g/mol. The molecule has 0 radical (unpaired) electrons. The molecule has 2 heterocycles. The fourth-order valence-corrected chi connectivity index (χ4v) is 5.76. The van der Waals surface area contributed by atoms with Gasteiger partial charge in [0, 0.05) is 44.3 Å². The Morgan fingerprint density at radius 2 is 1.73 bits per heavy atom. The number of hydrogen-bond donors (Lipinski definition) is 0. The van der Waals surface area contributed by atoms with E-state index in [1.807, 2.05) is 13.8 Å². The number of hydrogen-bond acceptors (Lipinski definition) is 5. The monoisotopic (exact) mass is 437 g/mol. The van der Waals surface area contributed by atoms with Crippen LogP contribution in [-0.2, 0) is 14.8 Å². The average Bonchev–Trinajstić information content (AvgIpc) is 2.74. The number of rotatable bonds is 4. The summed E-state index contributed by atoms with van der Waals surface area (Å²) in [7, 11) is -3.65. The quantitative estimate of drug-likeness (QED) is 0.722. The van der Waals surface area contributed by atoms with Gasteiger partial charge in [-0.1, -0.05) is 12.5 Å². The first-order chi connectivity index (χ1) is 14.3. The van der Waals surface area contributed by atoms with Crippen LogP contribution in [0.5, 0.6) is 0 Å². The van der Waals surface area contributed by atoms with Gasteiger partial charge in [-0.15, -0.1) is 0 Å². The fourth-order valence-electron chi connectivity index (χ4n) is 4.03. The SMILES string of the molecule is CCOC(=O)N1CCN(C(=O)c2cc(S(=O)(=O)N3CCCCC3C)ccc2C)CC1. The summed E-state index contributed by atoms with van der Waals surface area (Å²) in [5.74, 6) is -0.209. The molecule has 0 spiro atoms. The van der Waals surface area contributed by atoms with Crippen LogP contribution in [0.15, 0.2) is 23.1 Å². The predicted octanol–water partition coefficient (Wildman–Crippen LogP) is 2.47. The van der Waals surface area contributed by atoms with Crippen LogP contribution in [0.1, 0.15) is 49.0 Å². The molecule has 2 saturated heterocycles. The molecule has 0 bridgehead atoms. The zero-order chi connectivity index (χ0) is 21.9. The lowest BCUT2D eigenvalue weighted by atomic mass is 10.1. The maximum absolute atomic E-state index is 13.2. The molecule has 2 fully saturated rings. The van der Waals surface area contributed by atoms with Crippen molar-refractivity contribution in [2.45, 2.75) is 51.0 Å². The Bertz CT molecular complexity index is 894. The van der Waals surface area contributed by atoms with Gasteiger partial charge in [0.2, 0.25) is 10.0 Å². The van der Waals surface area contributed by atoms with Crippen LogP contribution in [0.3, 0.4) is 0 Å². The Morgan fingerprint density at radius 1 is 1.07 bits per heavy atom. The normalized spacial score (nSPS) is 20.8. The summed E-state index contributed by atoms with van der Waals surface area (Å²) in [4.78, 5) is 28.4. The molecule has 8 nitrogen and oxygen atoms in total. The number of aryl methyl sites for hydroxylation is 1. The molecule has 3 rings (SSSR count). The second-order valence-corrected chi connectivity index (χ2v) is 9.81. The minimum Gasteiger partial charge on any atom is -0.450 e. The zero-order valence-corrected chi connectivity index (χ0v) is 18.8. The van der Waals surface area contributed by atoms with Crippen LogP contribution < -0.4 is 0 Å². The molecule has 0 saturated carbocycles. The van der Waals surface area contributed by atoms with Crippen LogP contribution in [0.2, 0.25) is 0 Å². The Kier molecular flexibility index (Phi) is 7.02. The highest BCUT2D eigenvalue weighted by atomic mass is 32.2. The van der Waals surface area contributed by atoms with Gasteiger partial charge in [0.05, 0.1) is 11.5 Å². The van der Waals surface area contributed by atoms with Crippen molar-refractivity contribution >= 4 is 22.0 Å². The Balaban J connectivity index is 1.77. The minimum atomic E-state index is -3.65. The van der Waals surface area contributed by atoms with Crippen LogP contribution in [0.25, 0.3) is 0 Å². The standard InChI is InChI=1S/C21H31N3O5S/c1-4-29-21(26)23-13-11-22(12-14-23)20(25)19-15-18(9-8-16(19)2)30(27,28)24-10-6-5-7-17(24)3/h8-9,15,17H,4-7,10-14H2,1-3H3. The third-order valence-electron chi connectivity index (χ3n) is 5.88. The molecule has 1 aromatic carbocycles. The van der Waals surface area contributed by atoms with Crippen molar-refractivity contribution in [1.82, 2.24) is 14.1 Å². The Labute approximate surface area is 178 Å². The number of ether oxygens (including phenoxy) is 1. The zero-order valence-electron chi connectivity index (χ0n) is 18.0. The van der Waals surface area contributed by atoms with Gasteiger partial charge in [-0.2, -0.15) is 4.31 Å². The number of amides is 2. The second kappa shape index (κ2) is 9.34. The lowest BCUT2D eigenvalue weighted by molar-refractivity contribution is 0.0569. The van der Waals surface area contributed by atoms with Gasteiger partial charge < -0.3 is 14.5 Å². The van der Waals surface area contributed by atoms with Gasteiger partial charge in [0.25, 0.3) is 5.91 Å². The molecule has 1 atom stereocenters. The molecule has 2 amide bonds. The molecule has 0 aromatic heterocycles. The highest BCUT2D eigenvalue weighted by molar-refractivity contribution is 7.89. The summed E-state index contributed by atoms with van der Waals surface area (Å²) in [6.07, 6.45) is 2.36. The van der Waals surface area contributed by atoms with Crippen LogP contribution in [-0.4, -0.2) is 79.9 Å². The smallest absolute Gasteiger partial charge is 0.409 e. The lowest BCUT2D eigenvalue weighted by Gasteiger charge is -2.34. The molecule has 0 aliphatic carbocycles. The largest absolute Gasteiger partial charge is 0.450 e. The van der Waals surface area contributed by atoms with Crippen molar-refractivity contribution in [2.75, 3.05) is 39.3 Å². The molecule has 30 heavy (non-hydrogen) atoms. The van der Waals surface area contributed by atoms with E-state index < -0.39 is 10.0 Å². The highest BCUT2D eigenvalue weighted by Crippen LogP contribution is 2.27. The molecular formula is C21H31N3O5S. The van der Waals surface area contributed by atoms with E-state index in [-0.39, 0.29) is 22.9 Å². The molecule has 2 aliphatic heterocycles. The summed E-state index contributed by atoms with van der Waals surface area (Å²) in [5.41, 5.74) is 1.13. The van der Waals surface area contributed by atoms with Crippen LogP contribution >= 0.6 is 0 Å². The number of piperidine rings is 1. The second-order valence-electron chi connectivity index (χ2n) is 7.92. The molecule has 1 aromatic rings. The van der Waals surface area contributed by atoms with Gasteiger partial charge in [-0.3, -0.25) is 4.79 Å². The summed E-state index contributed by atoms with van der Waals surface area (Å²) in [5, 5.41) is 0. The average molecular weight is 438 g/mol. The number of carbonyl (C=O) groups is 2. The Morgan fingerprint density at radius 3 is 2.37 bits per heavy atom. The van der Waals surface area contributed by atoms with Gasteiger partial charge in [0.1, 0.15) is 0 Å². The van der Waals surface area contributed by atoms with Gasteiger partial charge in [-0.25, -0.2) is 13.2 Å². The van der Waals surface area contributed by atoms with Crippen molar-refractivity contribution in [3.8, 4) is 0 Å². The summed E-state index contributed by atoms with van der Waals surface area (Å²) in [6, 6.07) is 4.75. The number of benzene rings is 1. The molecule has 9 heteroatoms. The van der Waals surface area contributed by atoms with Crippen LogP contribution in [0.4, 0.5) is 4.79 Å². The summed E-state index contributed by atoms with van der Waals surface area (Å²) in [6.45, 7) is 7.88. The van der Waals surface area contributed by atoms with Crippen LogP contribution in [0, 0.1) is 6.92 Å². The molecule has 2 aliphatic rings. The van der Waals surface area contributed by atoms with Gasteiger partial charge >= 0.3 is 6.09 Å². The summed E-state index contributed by atoms with van der Waals surface area (Å²) < 4.78 is 32.9. The van der Waals surface area contributed by atoms with Crippen molar-refractivity contribution in [3.05, 3.63) is 29.3 Å². The highest BCUT2D eigenvalue weighted by Gasteiger charge is 2.32. The predicted molar refractivity (Wildman–Crippen MR) is 113 cm³/mol.